The normalized spacial score (nSPS) is 10.0. The van der Waals surface area contributed by atoms with Crippen LogP contribution >= 0.6 is 0 Å². The highest BCUT2D eigenvalue weighted by molar-refractivity contribution is 5.93. The third-order valence-corrected chi connectivity index (χ3v) is 0.518. The van der Waals surface area contributed by atoms with Crippen LogP contribution in [0, 0.1) is 6.92 Å². The van der Waals surface area contributed by atoms with Crippen molar-refractivity contribution in [2.75, 3.05) is 0 Å². The first-order valence-corrected chi connectivity index (χ1v) is 2.23. The van der Waals surface area contributed by atoms with Crippen LogP contribution in [0.2, 0.25) is 0 Å². The number of rotatable bonds is 2. The third-order valence-electron chi connectivity index (χ3n) is 0.518. The lowest BCUT2D eigenvalue weighted by Gasteiger charge is -1.73. The maximum absolute atomic E-state index is 9.89. The predicted molar refractivity (Wildman–Crippen MR) is 28.7 cm³/mol. The Hall–Kier alpha value is -0.590. The van der Waals surface area contributed by atoms with E-state index in [9.17, 15) is 4.79 Å². The van der Waals surface area contributed by atoms with Crippen LogP contribution in [0.4, 0.5) is 0 Å². The Bertz CT molecular complexity index is 82.2. The molecule has 0 fully saturated rings. The van der Waals surface area contributed by atoms with E-state index < -0.39 is 0 Å². The molecule has 1 nitrogen and oxygen atoms in total. The molecule has 7 heavy (non-hydrogen) atoms. The van der Waals surface area contributed by atoms with Crippen LogP contribution in [-0.4, -0.2) is 5.78 Å². The van der Waals surface area contributed by atoms with Gasteiger partial charge in [0.15, 0.2) is 5.78 Å². The van der Waals surface area contributed by atoms with E-state index in [4.69, 9.17) is 6.92 Å². The molecule has 0 atom stereocenters. The summed E-state index contributed by atoms with van der Waals surface area (Å²) in [6, 6.07) is 0. The summed E-state index contributed by atoms with van der Waals surface area (Å²) in [5, 5.41) is 0. The van der Waals surface area contributed by atoms with Gasteiger partial charge in [-0.15, -0.1) is 0 Å². The second kappa shape index (κ2) is 3.59. The Morgan fingerprint density at radius 1 is 1.86 bits per heavy atom. The van der Waals surface area contributed by atoms with Crippen molar-refractivity contribution in [1.29, 1.82) is 0 Å². The van der Waals surface area contributed by atoms with E-state index >= 15 is 0 Å². The molecule has 0 aliphatic rings. The van der Waals surface area contributed by atoms with E-state index in [1.54, 1.807) is 6.08 Å². The fourth-order valence-corrected chi connectivity index (χ4v) is 0.234. The van der Waals surface area contributed by atoms with E-state index in [0.29, 0.717) is 0 Å². The quantitative estimate of drug-likeness (QED) is 0.472. The highest BCUT2D eigenvalue weighted by atomic mass is 16.1. The Kier molecular flexibility index (Phi) is 3.29. The highest BCUT2D eigenvalue weighted by Gasteiger charge is 1.76. The van der Waals surface area contributed by atoms with Gasteiger partial charge in [0.05, 0.1) is 0 Å². The number of ketones is 1. The molecule has 0 aliphatic carbocycles. The minimum Gasteiger partial charge on any atom is -0.295 e. The Balaban J connectivity index is 3.26. The molecule has 0 heterocycles. The molecule has 0 aromatic rings. The molecule has 0 bridgehead atoms. The molecule has 0 N–H and O–H groups in total. The largest absolute Gasteiger partial charge is 0.295 e. The zero-order valence-corrected chi connectivity index (χ0v) is 4.35. The fraction of sp³-hybridized carbons (Fsp3) is 0.333. The maximum Gasteiger partial charge on any atom is 0.159 e. The average molecular weight is 96.1 g/mol. The summed E-state index contributed by atoms with van der Waals surface area (Å²) in [7, 11) is 0. The molecule has 0 aliphatic heterocycles. The number of carbonyl (C=O) groups excluding carboxylic acids is 1. The van der Waals surface area contributed by atoms with Crippen molar-refractivity contribution in [3.05, 3.63) is 19.1 Å². The van der Waals surface area contributed by atoms with Crippen molar-refractivity contribution in [2.45, 2.75) is 13.3 Å². The van der Waals surface area contributed by atoms with Gasteiger partial charge in [-0.3, -0.25) is 4.79 Å². The molecule has 0 rings (SSSR count). The van der Waals surface area contributed by atoms with Gasteiger partial charge in [-0.25, -0.2) is 0 Å². The maximum atomic E-state index is 9.89. The first kappa shape index (κ1) is 6.41. The molecule has 0 spiro atoms. The van der Waals surface area contributed by atoms with E-state index in [1.807, 2.05) is 6.92 Å². The number of allylic oxidation sites excluding steroid dienone is 2. The number of hydrogen-bond donors (Lipinski definition) is 0. The molecular formula is C6H8O. The van der Waals surface area contributed by atoms with Crippen molar-refractivity contribution >= 4 is 5.78 Å². The summed E-state index contributed by atoms with van der Waals surface area (Å²) in [5.74, 6) is -0.373. The van der Waals surface area contributed by atoms with Gasteiger partial charge in [-0.1, -0.05) is 13.0 Å². The summed E-state index contributed by atoms with van der Waals surface area (Å²) >= 11 is 0. The molecule has 0 unspecified atom stereocenters. The van der Waals surface area contributed by atoms with E-state index in [-0.39, 0.29) is 5.78 Å². The van der Waals surface area contributed by atoms with Gasteiger partial charge in [0, 0.05) is 6.92 Å². The first-order valence-electron chi connectivity index (χ1n) is 2.23. The Morgan fingerprint density at radius 2 is 2.43 bits per heavy atom. The van der Waals surface area contributed by atoms with Crippen LogP contribution in [0.3, 0.4) is 0 Å². The van der Waals surface area contributed by atoms with Crippen molar-refractivity contribution in [3.8, 4) is 0 Å². The zero-order valence-electron chi connectivity index (χ0n) is 4.35. The van der Waals surface area contributed by atoms with Gasteiger partial charge >= 0.3 is 0 Å². The van der Waals surface area contributed by atoms with Gasteiger partial charge in [0.2, 0.25) is 0 Å². The van der Waals surface area contributed by atoms with Crippen molar-refractivity contribution < 1.29 is 4.79 Å². The van der Waals surface area contributed by atoms with E-state index in [0.717, 1.165) is 6.42 Å². The molecule has 0 saturated heterocycles. The van der Waals surface area contributed by atoms with E-state index in [2.05, 4.69) is 0 Å². The predicted octanol–water partition coefficient (Wildman–Crippen LogP) is 1.23. The summed E-state index contributed by atoms with van der Waals surface area (Å²) in [5.41, 5.74) is 0. The van der Waals surface area contributed by atoms with Crippen molar-refractivity contribution in [3.63, 3.8) is 0 Å². The number of hydrogen-bond acceptors (Lipinski definition) is 1. The van der Waals surface area contributed by atoms with Crippen LogP contribution in [0.25, 0.3) is 0 Å². The molecule has 0 aromatic carbocycles. The Morgan fingerprint density at radius 3 is 2.57 bits per heavy atom. The monoisotopic (exact) mass is 96.1 g/mol. The van der Waals surface area contributed by atoms with Gasteiger partial charge in [-0.2, -0.15) is 0 Å². The van der Waals surface area contributed by atoms with Gasteiger partial charge < -0.3 is 0 Å². The molecule has 1 heteroatoms. The summed E-state index contributed by atoms with van der Waals surface area (Å²) in [6.45, 7) is 6.70. The van der Waals surface area contributed by atoms with Crippen LogP contribution < -0.4 is 0 Å². The molecular weight excluding hydrogens is 88.1 g/mol. The lowest BCUT2D eigenvalue weighted by atomic mass is 10.3. The smallest absolute Gasteiger partial charge is 0.159 e. The zero-order chi connectivity index (χ0) is 5.70. The molecule has 38 valence electrons. The van der Waals surface area contributed by atoms with Crippen LogP contribution in [-0.2, 0) is 4.79 Å². The van der Waals surface area contributed by atoms with Crippen LogP contribution in [0.5, 0.6) is 0 Å². The lowest BCUT2D eigenvalue weighted by Crippen LogP contribution is -1.78. The minimum atomic E-state index is -0.373. The summed E-state index contributed by atoms with van der Waals surface area (Å²) in [4.78, 5) is 9.89. The van der Waals surface area contributed by atoms with Crippen molar-refractivity contribution in [1.82, 2.24) is 0 Å². The summed E-state index contributed by atoms with van der Waals surface area (Å²) in [6.07, 6.45) is 3.95. The van der Waals surface area contributed by atoms with Gasteiger partial charge in [-0.05, 0) is 12.5 Å². The Labute approximate surface area is 44.0 Å². The standard InChI is InChI=1S/C6H8O/c1-3-4-5-6(2)7/h2,4-5H,3H2,1H3/b5-4+. The molecule has 0 aromatic heterocycles. The second-order valence-electron chi connectivity index (χ2n) is 1.21. The van der Waals surface area contributed by atoms with Crippen LogP contribution in [0.1, 0.15) is 13.3 Å². The highest BCUT2D eigenvalue weighted by Crippen LogP contribution is 1.78. The SMILES string of the molecule is [CH]C(=O)/C=C/CC. The second-order valence-corrected chi connectivity index (χ2v) is 1.21. The summed E-state index contributed by atoms with van der Waals surface area (Å²) < 4.78 is 0. The van der Waals surface area contributed by atoms with Gasteiger partial charge in [0.25, 0.3) is 0 Å². The first-order chi connectivity index (χ1) is 3.27. The fourth-order valence-electron chi connectivity index (χ4n) is 0.234. The number of carbonyl (C=O) groups is 1. The van der Waals surface area contributed by atoms with E-state index in [1.165, 1.54) is 6.08 Å². The topological polar surface area (TPSA) is 17.1 Å². The molecule has 0 amide bonds. The molecule has 0 saturated carbocycles. The van der Waals surface area contributed by atoms with Gasteiger partial charge in [0.1, 0.15) is 0 Å². The molecule has 2 radical (unpaired) electrons. The minimum absolute atomic E-state index is 0.373. The average Bonchev–Trinajstić information content (AvgIpc) is 1.61. The lowest BCUT2D eigenvalue weighted by molar-refractivity contribution is -0.110. The van der Waals surface area contributed by atoms with Crippen molar-refractivity contribution in [2.24, 2.45) is 0 Å². The third kappa shape index (κ3) is 5.41. The van der Waals surface area contributed by atoms with Crippen LogP contribution in [0.15, 0.2) is 12.2 Å².